The number of aryl methyl sites for hydroxylation is 1. The standard InChI is InChI=1S/C19H20ClN5S/c1-14-3-5-16(11-17(14)20)23-19(26)25-8-2-7-24(9-10-25)18-6-4-15(12-21)13-22-18/h3-6,11,13H,2,7-10H2,1H3,(H,23,26). The van der Waals surface area contributed by atoms with Gasteiger partial charge in [0.15, 0.2) is 5.11 Å². The van der Waals surface area contributed by atoms with E-state index in [2.05, 4.69) is 26.2 Å². The van der Waals surface area contributed by atoms with Crippen molar-refractivity contribution in [3.63, 3.8) is 0 Å². The predicted molar refractivity (Wildman–Crippen MR) is 110 cm³/mol. The number of halogens is 1. The second-order valence-corrected chi connectivity index (χ2v) is 7.03. The van der Waals surface area contributed by atoms with Crippen molar-refractivity contribution in [1.82, 2.24) is 9.88 Å². The maximum Gasteiger partial charge on any atom is 0.173 e. The molecule has 0 amide bonds. The van der Waals surface area contributed by atoms with E-state index in [1.807, 2.05) is 31.2 Å². The Morgan fingerprint density at radius 2 is 2.08 bits per heavy atom. The Morgan fingerprint density at radius 1 is 1.23 bits per heavy atom. The van der Waals surface area contributed by atoms with Gasteiger partial charge in [0.05, 0.1) is 5.56 Å². The van der Waals surface area contributed by atoms with Crippen molar-refractivity contribution < 1.29 is 0 Å². The summed E-state index contributed by atoms with van der Waals surface area (Å²) in [6.45, 7) is 5.42. The highest BCUT2D eigenvalue weighted by molar-refractivity contribution is 7.80. The molecule has 1 saturated heterocycles. The third kappa shape index (κ3) is 4.43. The molecule has 1 aromatic heterocycles. The average Bonchev–Trinajstić information content (AvgIpc) is 2.91. The van der Waals surface area contributed by atoms with Gasteiger partial charge in [-0.25, -0.2) is 4.98 Å². The fourth-order valence-corrected chi connectivity index (χ4v) is 3.34. The minimum Gasteiger partial charge on any atom is -0.355 e. The monoisotopic (exact) mass is 385 g/mol. The number of pyridine rings is 1. The van der Waals surface area contributed by atoms with E-state index in [4.69, 9.17) is 29.1 Å². The zero-order valence-corrected chi connectivity index (χ0v) is 16.1. The topological polar surface area (TPSA) is 55.2 Å². The first-order valence-electron chi connectivity index (χ1n) is 8.50. The molecule has 2 aromatic rings. The van der Waals surface area contributed by atoms with Crippen molar-refractivity contribution in [3.8, 4) is 6.07 Å². The molecule has 7 heteroatoms. The van der Waals surface area contributed by atoms with Gasteiger partial charge in [-0.2, -0.15) is 5.26 Å². The zero-order chi connectivity index (χ0) is 18.5. The normalized spacial score (nSPS) is 14.5. The van der Waals surface area contributed by atoms with Crippen LogP contribution in [-0.4, -0.2) is 41.2 Å². The Labute approximate surface area is 164 Å². The highest BCUT2D eigenvalue weighted by Gasteiger charge is 2.18. The van der Waals surface area contributed by atoms with Crippen molar-refractivity contribution in [2.75, 3.05) is 36.4 Å². The Morgan fingerprint density at radius 3 is 2.77 bits per heavy atom. The fourth-order valence-electron chi connectivity index (χ4n) is 2.86. The second-order valence-electron chi connectivity index (χ2n) is 6.24. The first-order valence-corrected chi connectivity index (χ1v) is 9.28. The van der Waals surface area contributed by atoms with Crippen molar-refractivity contribution in [3.05, 3.63) is 52.7 Å². The highest BCUT2D eigenvalue weighted by Crippen LogP contribution is 2.21. The first-order chi connectivity index (χ1) is 12.6. The molecule has 0 aliphatic carbocycles. The van der Waals surface area contributed by atoms with E-state index in [1.54, 1.807) is 12.3 Å². The van der Waals surface area contributed by atoms with Gasteiger partial charge in [0.25, 0.3) is 0 Å². The molecule has 1 N–H and O–H groups in total. The smallest absolute Gasteiger partial charge is 0.173 e. The van der Waals surface area contributed by atoms with Gasteiger partial charge in [0.2, 0.25) is 0 Å². The van der Waals surface area contributed by atoms with Crippen LogP contribution in [0.5, 0.6) is 0 Å². The number of nitrogens with one attached hydrogen (secondary N) is 1. The molecule has 5 nitrogen and oxygen atoms in total. The molecule has 26 heavy (non-hydrogen) atoms. The summed E-state index contributed by atoms with van der Waals surface area (Å²) >= 11 is 11.8. The molecule has 3 rings (SSSR count). The van der Waals surface area contributed by atoms with E-state index in [0.29, 0.717) is 10.7 Å². The van der Waals surface area contributed by atoms with Gasteiger partial charge in [-0.1, -0.05) is 17.7 Å². The van der Waals surface area contributed by atoms with Crippen LogP contribution in [0.3, 0.4) is 0 Å². The second kappa shape index (κ2) is 8.35. The SMILES string of the molecule is Cc1ccc(NC(=S)N2CCCN(c3ccc(C#N)cn3)CC2)cc1Cl. The molecular formula is C19H20ClN5S. The molecule has 1 fully saturated rings. The summed E-state index contributed by atoms with van der Waals surface area (Å²) in [6.07, 6.45) is 2.60. The predicted octanol–water partition coefficient (Wildman–Crippen LogP) is 3.82. The van der Waals surface area contributed by atoms with E-state index >= 15 is 0 Å². The molecule has 1 aliphatic rings. The molecular weight excluding hydrogens is 366 g/mol. The van der Waals surface area contributed by atoms with Gasteiger partial charge in [0.1, 0.15) is 11.9 Å². The van der Waals surface area contributed by atoms with Crippen molar-refractivity contribution in [1.29, 1.82) is 5.26 Å². The summed E-state index contributed by atoms with van der Waals surface area (Å²) in [5.74, 6) is 0.898. The number of rotatable bonds is 2. The highest BCUT2D eigenvalue weighted by atomic mass is 35.5. The lowest BCUT2D eigenvalue weighted by atomic mass is 10.2. The maximum atomic E-state index is 8.89. The Kier molecular flexibility index (Phi) is 5.92. The van der Waals surface area contributed by atoms with Crippen molar-refractivity contribution >= 4 is 40.4 Å². The molecule has 2 heterocycles. The molecule has 134 valence electrons. The van der Waals surface area contributed by atoms with Gasteiger partial charge in [-0.05, 0) is 55.4 Å². The van der Waals surface area contributed by atoms with Gasteiger partial charge in [0, 0.05) is 43.1 Å². The molecule has 1 aliphatic heterocycles. The van der Waals surface area contributed by atoms with Crippen molar-refractivity contribution in [2.24, 2.45) is 0 Å². The van der Waals surface area contributed by atoms with Crippen molar-refractivity contribution in [2.45, 2.75) is 13.3 Å². The van der Waals surface area contributed by atoms with Crippen LogP contribution >= 0.6 is 23.8 Å². The summed E-state index contributed by atoms with van der Waals surface area (Å²) < 4.78 is 0. The number of anilines is 2. The van der Waals surface area contributed by atoms with E-state index in [1.165, 1.54) is 0 Å². The number of aromatic nitrogens is 1. The first kappa shape index (κ1) is 18.4. The minimum atomic E-state index is 0.576. The number of nitriles is 1. The van der Waals surface area contributed by atoms with Crippen LogP contribution in [0, 0.1) is 18.3 Å². The molecule has 0 radical (unpaired) electrons. The van der Waals surface area contributed by atoms with Gasteiger partial charge in [-0.15, -0.1) is 0 Å². The third-order valence-corrected chi connectivity index (χ3v) is 5.17. The van der Waals surface area contributed by atoms with Crippen LogP contribution in [0.15, 0.2) is 36.5 Å². The van der Waals surface area contributed by atoms with Crippen LogP contribution in [0.4, 0.5) is 11.5 Å². The average molecular weight is 386 g/mol. The van der Waals surface area contributed by atoms with Crippen LogP contribution in [-0.2, 0) is 0 Å². The van der Waals surface area contributed by atoms with Gasteiger partial charge >= 0.3 is 0 Å². The summed E-state index contributed by atoms with van der Waals surface area (Å²) in [5.41, 5.74) is 2.52. The van der Waals surface area contributed by atoms with Crippen LogP contribution in [0.2, 0.25) is 5.02 Å². The summed E-state index contributed by atoms with van der Waals surface area (Å²) in [5, 5.41) is 13.6. The molecule has 0 atom stereocenters. The lowest BCUT2D eigenvalue weighted by Crippen LogP contribution is -2.38. The van der Waals surface area contributed by atoms with Crippen LogP contribution in [0.1, 0.15) is 17.5 Å². The molecule has 0 bridgehead atoms. The molecule has 0 unspecified atom stereocenters. The molecule has 0 spiro atoms. The fraction of sp³-hybridized carbons (Fsp3) is 0.316. The number of thiocarbonyl (C=S) groups is 1. The van der Waals surface area contributed by atoms with Gasteiger partial charge in [-0.3, -0.25) is 0 Å². The lowest BCUT2D eigenvalue weighted by Gasteiger charge is -2.25. The Bertz CT molecular complexity index is 831. The number of benzene rings is 1. The molecule has 1 aromatic carbocycles. The lowest BCUT2D eigenvalue weighted by molar-refractivity contribution is 0.454. The van der Waals surface area contributed by atoms with E-state index < -0.39 is 0 Å². The number of nitrogens with zero attached hydrogens (tertiary/aromatic N) is 4. The summed E-state index contributed by atoms with van der Waals surface area (Å²) in [6, 6.07) is 11.7. The van der Waals surface area contributed by atoms with E-state index in [0.717, 1.165) is 54.7 Å². The number of hydrogen-bond donors (Lipinski definition) is 1. The molecule has 0 saturated carbocycles. The van der Waals surface area contributed by atoms with Gasteiger partial charge < -0.3 is 15.1 Å². The van der Waals surface area contributed by atoms with Crippen LogP contribution in [0.25, 0.3) is 0 Å². The zero-order valence-electron chi connectivity index (χ0n) is 14.6. The Balaban J connectivity index is 1.61. The summed E-state index contributed by atoms with van der Waals surface area (Å²) in [4.78, 5) is 8.79. The number of hydrogen-bond acceptors (Lipinski definition) is 4. The Hall–Kier alpha value is -2.36. The quantitative estimate of drug-likeness (QED) is 0.793. The summed E-state index contributed by atoms with van der Waals surface area (Å²) in [7, 11) is 0. The maximum absolute atomic E-state index is 8.89. The minimum absolute atomic E-state index is 0.576. The van der Waals surface area contributed by atoms with E-state index in [9.17, 15) is 0 Å². The van der Waals surface area contributed by atoms with Crippen LogP contribution < -0.4 is 10.2 Å². The third-order valence-electron chi connectivity index (χ3n) is 4.41. The van der Waals surface area contributed by atoms with E-state index in [-0.39, 0.29) is 0 Å². The largest absolute Gasteiger partial charge is 0.355 e.